The molecule has 0 bridgehead atoms. The molecule has 8 heteroatoms. The van der Waals surface area contributed by atoms with Crippen molar-refractivity contribution >= 4 is 27.8 Å². The largest absolute Gasteiger partial charge is 0.382 e. The Morgan fingerprint density at radius 3 is 2.72 bits per heavy atom. The molecule has 2 N–H and O–H groups in total. The summed E-state index contributed by atoms with van der Waals surface area (Å²) in [5.41, 5.74) is 10.1. The van der Waals surface area contributed by atoms with Crippen LogP contribution in [-0.2, 0) is 24.3 Å². The van der Waals surface area contributed by atoms with Crippen LogP contribution in [0.2, 0.25) is 0 Å². The van der Waals surface area contributed by atoms with Crippen LogP contribution in [0.15, 0.2) is 59.1 Å². The first-order chi connectivity index (χ1) is 15.6. The summed E-state index contributed by atoms with van der Waals surface area (Å²) in [5, 5.41) is 5.12. The van der Waals surface area contributed by atoms with Crippen molar-refractivity contribution in [3.8, 4) is 11.3 Å². The number of fused-ring (bicyclic) bond motifs is 3. The zero-order valence-corrected chi connectivity index (χ0v) is 17.6. The molecule has 7 nitrogen and oxygen atoms in total. The Kier molecular flexibility index (Phi) is 5.28. The second-order valence-electron chi connectivity index (χ2n) is 7.46. The number of nitrogens with two attached hydrogens (primary N) is 1. The summed E-state index contributed by atoms with van der Waals surface area (Å²) in [6.45, 7) is 3.51. The number of hydrogen-bond acceptors (Lipinski definition) is 6. The van der Waals surface area contributed by atoms with Crippen molar-refractivity contribution in [1.82, 2.24) is 19.7 Å². The molecule has 0 aliphatic carbocycles. The Labute approximate surface area is 183 Å². The van der Waals surface area contributed by atoms with Crippen LogP contribution >= 0.6 is 0 Å². The Bertz CT molecular complexity index is 1390. The lowest BCUT2D eigenvalue weighted by Crippen LogP contribution is -2.08. The maximum absolute atomic E-state index is 13.2. The van der Waals surface area contributed by atoms with Gasteiger partial charge in [0.25, 0.3) is 0 Å². The van der Waals surface area contributed by atoms with Crippen molar-refractivity contribution in [2.24, 2.45) is 0 Å². The lowest BCUT2D eigenvalue weighted by Gasteiger charge is -2.10. The fourth-order valence-electron chi connectivity index (χ4n) is 3.86. The number of nitrogens with zero attached hydrogens (tertiary/aromatic N) is 4. The van der Waals surface area contributed by atoms with E-state index >= 15 is 0 Å². The average molecular weight is 431 g/mol. The summed E-state index contributed by atoms with van der Waals surface area (Å²) in [5.74, 6) is 1.62. The van der Waals surface area contributed by atoms with Crippen molar-refractivity contribution in [3.05, 3.63) is 72.0 Å². The smallest absolute Gasteiger partial charge is 0.152 e. The van der Waals surface area contributed by atoms with Gasteiger partial charge in [0.05, 0.1) is 11.0 Å². The van der Waals surface area contributed by atoms with E-state index in [-0.39, 0.29) is 5.82 Å². The van der Waals surface area contributed by atoms with Gasteiger partial charge in [0.1, 0.15) is 35.2 Å². The molecule has 0 amide bonds. The third kappa shape index (κ3) is 3.69. The van der Waals surface area contributed by atoms with Crippen molar-refractivity contribution in [3.63, 3.8) is 0 Å². The summed E-state index contributed by atoms with van der Waals surface area (Å²) in [6, 6.07) is 15.9. The maximum atomic E-state index is 13.2. The maximum Gasteiger partial charge on any atom is 0.152 e. The molecule has 0 spiro atoms. The highest BCUT2D eigenvalue weighted by atomic mass is 19.1. The molecule has 5 rings (SSSR count). The van der Waals surface area contributed by atoms with E-state index in [9.17, 15) is 4.39 Å². The number of pyridine rings is 1. The minimum absolute atomic E-state index is 0.285. The van der Waals surface area contributed by atoms with Gasteiger partial charge in [0.15, 0.2) is 5.82 Å². The molecule has 0 radical (unpaired) electrons. The molecule has 0 aliphatic heterocycles. The topological polar surface area (TPSA) is 92.0 Å². The van der Waals surface area contributed by atoms with Gasteiger partial charge in [-0.05, 0) is 37.3 Å². The molecule has 3 aromatic heterocycles. The number of imidazole rings is 1. The normalized spacial score (nSPS) is 11.6. The number of rotatable bonds is 7. The highest BCUT2D eigenvalue weighted by molar-refractivity contribution is 6.06. The molecular formula is C24H22FN5O2. The van der Waals surface area contributed by atoms with Gasteiger partial charge in [-0.15, -0.1) is 0 Å². The predicted molar refractivity (Wildman–Crippen MR) is 120 cm³/mol. The molecule has 32 heavy (non-hydrogen) atoms. The van der Waals surface area contributed by atoms with Crippen LogP contribution in [0.3, 0.4) is 0 Å². The lowest BCUT2D eigenvalue weighted by atomic mass is 10.1. The number of halogens is 1. The van der Waals surface area contributed by atoms with E-state index in [0.717, 1.165) is 33.6 Å². The Balaban J connectivity index is 1.51. The third-order valence-electron chi connectivity index (χ3n) is 5.41. The zero-order valence-electron chi connectivity index (χ0n) is 17.6. The molecular weight excluding hydrogens is 409 g/mol. The van der Waals surface area contributed by atoms with Crippen molar-refractivity contribution in [1.29, 1.82) is 0 Å². The number of aryl methyl sites for hydroxylation is 2. The monoisotopic (exact) mass is 431 g/mol. The number of benzene rings is 2. The quantitative estimate of drug-likeness (QED) is 0.400. The first-order valence-corrected chi connectivity index (χ1v) is 10.5. The van der Waals surface area contributed by atoms with Crippen molar-refractivity contribution in [2.45, 2.75) is 26.5 Å². The first kappa shape index (κ1) is 20.1. The van der Waals surface area contributed by atoms with Gasteiger partial charge in [-0.3, -0.25) is 0 Å². The Morgan fingerprint density at radius 1 is 1.09 bits per heavy atom. The van der Waals surface area contributed by atoms with Gasteiger partial charge in [0.2, 0.25) is 0 Å². The number of anilines is 1. The number of hydrogen-bond donors (Lipinski definition) is 1. The molecule has 0 atom stereocenters. The van der Waals surface area contributed by atoms with Crippen LogP contribution < -0.4 is 5.73 Å². The van der Waals surface area contributed by atoms with E-state index in [1.165, 1.54) is 12.1 Å². The van der Waals surface area contributed by atoms with Crippen LogP contribution in [0.25, 0.3) is 33.2 Å². The Morgan fingerprint density at radius 2 is 1.91 bits per heavy atom. The van der Waals surface area contributed by atoms with E-state index in [0.29, 0.717) is 43.2 Å². The highest BCUT2D eigenvalue weighted by Crippen LogP contribution is 2.29. The van der Waals surface area contributed by atoms with Crippen LogP contribution in [0.5, 0.6) is 0 Å². The average Bonchev–Trinajstić information content (AvgIpc) is 3.42. The molecule has 0 saturated heterocycles. The van der Waals surface area contributed by atoms with Gasteiger partial charge >= 0.3 is 0 Å². The van der Waals surface area contributed by atoms with Crippen LogP contribution in [0.4, 0.5) is 10.2 Å². The summed E-state index contributed by atoms with van der Waals surface area (Å²) >= 11 is 0. The predicted octanol–water partition coefficient (Wildman–Crippen LogP) is 4.74. The van der Waals surface area contributed by atoms with Crippen LogP contribution in [-0.4, -0.2) is 26.3 Å². The SMILES string of the molecule is CCOCc1nc2c(N)nc3ccccc3c2n1CCc1cc(-c2ccc(F)cc2)no1. The molecule has 0 aliphatic rings. The van der Waals surface area contributed by atoms with E-state index < -0.39 is 0 Å². The van der Waals surface area contributed by atoms with Crippen molar-refractivity contribution in [2.75, 3.05) is 12.3 Å². The van der Waals surface area contributed by atoms with E-state index in [2.05, 4.69) is 14.7 Å². The van der Waals surface area contributed by atoms with Gasteiger partial charge in [0, 0.05) is 36.6 Å². The lowest BCUT2D eigenvalue weighted by molar-refractivity contribution is 0.126. The second kappa shape index (κ2) is 8.39. The van der Waals surface area contributed by atoms with Crippen LogP contribution in [0, 0.1) is 5.82 Å². The molecule has 5 aromatic rings. The van der Waals surface area contributed by atoms with Crippen LogP contribution in [0.1, 0.15) is 18.5 Å². The molecule has 0 saturated carbocycles. The first-order valence-electron chi connectivity index (χ1n) is 10.5. The molecule has 162 valence electrons. The van der Waals surface area contributed by atoms with E-state index in [1.807, 2.05) is 37.3 Å². The Hall–Kier alpha value is -3.78. The van der Waals surface area contributed by atoms with Gasteiger partial charge in [-0.25, -0.2) is 14.4 Å². The minimum Gasteiger partial charge on any atom is -0.382 e. The fraction of sp³-hybridized carbons (Fsp3) is 0.208. The summed E-state index contributed by atoms with van der Waals surface area (Å²) < 4.78 is 26.5. The summed E-state index contributed by atoms with van der Waals surface area (Å²) in [4.78, 5) is 9.25. The zero-order chi connectivity index (χ0) is 22.1. The summed E-state index contributed by atoms with van der Waals surface area (Å²) in [6.07, 6.45) is 0.593. The molecule has 0 unspecified atom stereocenters. The number of nitrogen functional groups attached to an aromatic ring is 1. The number of para-hydroxylation sites is 1. The van der Waals surface area contributed by atoms with Gasteiger partial charge < -0.3 is 19.6 Å². The fourth-order valence-corrected chi connectivity index (χ4v) is 3.86. The van der Waals surface area contributed by atoms with Crippen molar-refractivity contribution < 1.29 is 13.7 Å². The number of ether oxygens (including phenoxy) is 1. The minimum atomic E-state index is -0.285. The number of aromatic nitrogens is 4. The molecule has 3 heterocycles. The third-order valence-corrected chi connectivity index (χ3v) is 5.41. The van der Waals surface area contributed by atoms with E-state index in [1.54, 1.807) is 12.1 Å². The molecule has 0 fully saturated rings. The highest BCUT2D eigenvalue weighted by Gasteiger charge is 2.18. The second-order valence-corrected chi connectivity index (χ2v) is 7.46. The summed E-state index contributed by atoms with van der Waals surface area (Å²) in [7, 11) is 0. The standard InChI is InChI=1S/C24H22FN5O2/c1-2-31-14-21-28-22-23(18-5-3-4-6-19(18)27-24(22)26)30(21)12-11-17-13-20(29-32-17)15-7-9-16(25)10-8-15/h3-10,13H,2,11-12,14H2,1H3,(H2,26,27). The van der Waals surface area contributed by atoms with E-state index in [4.69, 9.17) is 20.0 Å². The van der Waals surface area contributed by atoms with Gasteiger partial charge in [-0.2, -0.15) is 0 Å². The van der Waals surface area contributed by atoms with Gasteiger partial charge in [-0.1, -0.05) is 23.4 Å². The molecule has 2 aromatic carbocycles.